The van der Waals surface area contributed by atoms with Gasteiger partial charge in [0.15, 0.2) is 0 Å². The van der Waals surface area contributed by atoms with Crippen LogP contribution in [0.5, 0.6) is 5.75 Å². The molecule has 0 aliphatic heterocycles. The van der Waals surface area contributed by atoms with Gasteiger partial charge in [0.1, 0.15) is 19.0 Å². The van der Waals surface area contributed by atoms with Crippen molar-refractivity contribution in [2.24, 2.45) is 5.73 Å². The number of nitrogens with two attached hydrogens (primary N) is 1. The molecule has 0 saturated carbocycles. The lowest BCUT2D eigenvalue weighted by Crippen LogP contribution is -2.34. The number of hydrogen-bond acceptors (Lipinski definition) is 4. The Balaban J connectivity index is 2.25. The average molecular weight is 287 g/mol. The Hall–Kier alpha value is -1.30. The number of hydrogen-bond donors (Lipinski definition) is 1. The summed E-state index contributed by atoms with van der Waals surface area (Å²) in [6.45, 7) is 1.68. The van der Waals surface area contributed by atoms with E-state index in [9.17, 15) is 4.79 Å². The molecule has 0 heterocycles. The summed E-state index contributed by atoms with van der Waals surface area (Å²) in [4.78, 5) is 13.2. The number of para-hydroxylation sites is 1. The van der Waals surface area contributed by atoms with Gasteiger partial charge in [-0.1, -0.05) is 23.7 Å². The fourth-order valence-corrected chi connectivity index (χ4v) is 1.52. The second kappa shape index (κ2) is 8.74. The smallest absolute Gasteiger partial charge is 0.248 e. The van der Waals surface area contributed by atoms with Crippen LogP contribution < -0.4 is 10.5 Å². The number of amides is 1. The van der Waals surface area contributed by atoms with Gasteiger partial charge in [-0.05, 0) is 12.1 Å². The first-order valence-electron chi connectivity index (χ1n) is 6.04. The van der Waals surface area contributed by atoms with E-state index < -0.39 is 0 Å². The summed E-state index contributed by atoms with van der Waals surface area (Å²) in [6.07, 6.45) is 0. The summed E-state index contributed by atoms with van der Waals surface area (Å²) < 4.78 is 10.6. The zero-order valence-electron chi connectivity index (χ0n) is 11.0. The van der Waals surface area contributed by atoms with Crippen LogP contribution in [0.15, 0.2) is 24.3 Å². The van der Waals surface area contributed by atoms with Crippen molar-refractivity contribution in [3.63, 3.8) is 0 Å². The van der Waals surface area contributed by atoms with Crippen LogP contribution in [0.2, 0.25) is 5.02 Å². The van der Waals surface area contributed by atoms with Crippen molar-refractivity contribution in [2.75, 3.05) is 40.0 Å². The lowest BCUT2D eigenvalue weighted by molar-refractivity contribution is -0.135. The molecule has 0 aliphatic carbocycles. The van der Waals surface area contributed by atoms with E-state index in [-0.39, 0.29) is 12.5 Å². The van der Waals surface area contributed by atoms with Gasteiger partial charge in [-0.2, -0.15) is 0 Å². The molecular weight excluding hydrogens is 268 g/mol. The number of carbonyl (C=O) groups excluding carboxylic acids is 1. The number of likely N-dealkylation sites (N-methyl/N-ethyl adjacent to an activating group) is 1. The third-order valence-corrected chi connectivity index (χ3v) is 2.75. The van der Waals surface area contributed by atoms with E-state index in [0.717, 1.165) is 0 Å². The number of halogens is 1. The Morgan fingerprint density at radius 3 is 2.79 bits per heavy atom. The van der Waals surface area contributed by atoms with Crippen molar-refractivity contribution in [3.8, 4) is 5.75 Å². The Morgan fingerprint density at radius 2 is 2.11 bits per heavy atom. The quantitative estimate of drug-likeness (QED) is 0.728. The van der Waals surface area contributed by atoms with Gasteiger partial charge in [0, 0.05) is 13.6 Å². The molecule has 0 atom stereocenters. The molecule has 0 unspecified atom stereocenters. The molecule has 1 aromatic carbocycles. The Kier molecular flexibility index (Phi) is 7.25. The monoisotopic (exact) mass is 286 g/mol. The maximum absolute atomic E-state index is 11.6. The highest BCUT2D eigenvalue weighted by Gasteiger charge is 2.08. The van der Waals surface area contributed by atoms with Gasteiger partial charge < -0.3 is 20.1 Å². The van der Waals surface area contributed by atoms with E-state index in [1.165, 1.54) is 0 Å². The van der Waals surface area contributed by atoms with E-state index in [2.05, 4.69) is 0 Å². The average Bonchev–Trinajstić information content (AvgIpc) is 2.41. The van der Waals surface area contributed by atoms with Gasteiger partial charge in [-0.15, -0.1) is 0 Å². The van der Waals surface area contributed by atoms with Gasteiger partial charge in [0.2, 0.25) is 5.91 Å². The van der Waals surface area contributed by atoms with E-state index in [0.29, 0.717) is 37.1 Å². The maximum atomic E-state index is 11.6. The zero-order chi connectivity index (χ0) is 14.1. The molecule has 1 rings (SSSR count). The van der Waals surface area contributed by atoms with Gasteiger partial charge in [-0.3, -0.25) is 4.79 Å². The molecule has 0 bridgehead atoms. The minimum atomic E-state index is -0.101. The van der Waals surface area contributed by atoms with E-state index >= 15 is 0 Å². The first-order valence-corrected chi connectivity index (χ1v) is 6.42. The maximum Gasteiger partial charge on any atom is 0.248 e. The predicted octanol–water partition coefficient (Wildman–Crippen LogP) is 1.15. The van der Waals surface area contributed by atoms with Crippen LogP contribution in [0.4, 0.5) is 0 Å². The summed E-state index contributed by atoms with van der Waals surface area (Å²) in [7, 11) is 1.70. The second-order valence-corrected chi connectivity index (χ2v) is 4.34. The Bertz CT molecular complexity index is 401. The molecule has 19 heavy (non-hydrogen) atoms. The standard InChI is InChI=1S/C13H19ClN2O3/c1-16(13(17)10-18-8-6-15)7-9-19-12-5-3-2-4-11(12)14/h2-5H,6-10,15H2,1H3. The Labute approximate surface area is 118 Å². The summed E-state index contributed by atoms with van der Waals surface area (Å²) in [5, 5.41) is 0.558. The second-order valence-electron chi connectivity index (χ2n) is 3.94. The SMILES string of the molecule is CN(CCOc1ccccc1Cl)C(=O)COCCN. The summed E-state index contributed by atoms with van der Waals surface area (Å²) in [5.41, 5.74) is 5.27. The van der Waals surface area contributed by atoms with Crippen LogP contribution in [-0.2, 0) is 9.53 Å². The normalized spacial score (nSPS) is 10.3. The number of rotatable bonds is 8. The summed E-state index contributed by atoms with van der Waals surface area (Å²) >= 11 is 5.95. The largest absolute Gasteiger partial charge is 0.490 e. The molecular formula is C13H19ClN2O3. The molecule has 1 aromatic rings. The lowest BCUT2D eigenvalue weighted by Gasteiger charge is -2.17. The molecule has 6 heteroatoms. The van der Waals surface area contributed by atoms with Crippen LogP contribution in [0.3, 0.4) is 0 Å². The molecule has 0 saturated heterocycles. The lowest BCUT2D eigenvalue weighted by atomic mass is 10.3. The highest BCUT2D eigenvalue weighted by atomic mass is 35.5. The van der Waals surface area contributed by atoms with Crippen LogP contribution in [0.1, 0.15) is 0 Å². The number of nitrogens with zero attached hydrogens (tertiary/aromatic N) is 1. The number of benzene rings is 1. The number of carbonyl (C=O) groups is 1. The molecule has 106 valence electrons. The van der Waals surface area contributed by atoms with Gasteiger partial charge in [0.05, 0.1) is 18.2 Å². The van der Waals surface area contributed by atoms with Crippen LogP contribution >= 0.6 is 11.6 Å². The minimum absolute atomic E-state index is 0.0415. The van der Waals surface area contributed by atoms with E-state index in [4.69, 9.17) is 26.8 Å². The topological polar surface area (TPSA) is 64.8 Å². The molecule has 0 radical (unpaired) electrons. The molecule has 1 amide bonds. The first-order chi connectivity index (χ1) is 9.15. The first kappa shape index (κ1) is 15.8. The van der Waals surface area contributed by atoms with Gasteiger partial charge >= 0.3 is 0 Å². The zero-order valence-corrected chi connectivity index (χ0v) is 11.7. The van der Waals surface area contributed by atoms with Crippen molar-refractivity contribution in [1.82, 2.24) is 4.90 Å². The highest BCUT2D eigenvalue weighted by Crippen LogP contribution is 2.22. The van der Waals surface area contributed by atoms with Gasteiger partial charge in [0.25, 0.3) is 0 Å². The predicted molar refractivity (Wildman–Crippen MR) is 74.5 cm³/mol. The molecule has 0 fully saturated rings. The van der Waals surface area contributed by atoms with Crippen molar-refractivity contribution in [3.05, 3.63) is 29.3 Å². The molecule has 0 aromatic heterocycles. The minimum Gasteiger partial charge on any atom is -0.490 e. The van der Waals surface area contributed by atoms with E-state index in [1.807, 2.05) is 12.1 Å². The highest BCUT2D eigenvalue weighted by molar-refractivity contribution is 6.32. The fraction of sp³-hybridized carbons (Fsp3) is 0.462. The fourth-order valence-electron chi connectivity index (χ4n) is 1.33. The third-order valence-electron chi connectivity index (χ3n) is 2.43. The van der Waals surface area contributed by atoms with Crippen molar-refractivity contribution in [2.45, 2.75) is 0 Å². The molecule has 2 N–H and O–H groups in total. The Morgan fingerprint density at radius 1 is 1.37 bits per heavy atom. The van der Waals surface area contributed by atoms with Crippen molar-refractivity contribution < 1.29 is 14.3 Å². The summed E-state index contributed by atoms with van der Waals surface area (Å²) in [5.74, 6) is 0.514. The van der Waals surface area contributed by atoms with Crippen molar-refractivity contribution >= 4 is 17.5 Å². The van der Waals surface area contributed by atoms with Crippen LogP contribution in [0, 0.1) is 0 Å². The van der Waals surface area contributed by atoms with Gasteiger partial charge in [-0.25, -0.2) is 0 Å². The number of ether oxygens (including phenoxy) is 2. The summed E-state index contributed by atoms with van der Waals surface area (Å²) in [6, 6.07) is 7.22. The van der Waals surface area contributed by atoms with E-state index in [1.54, 1.807) is 24.1 Å². The molecule has 5 nitrogen and oxygen atoms in total. The third kappa shape index (κ3) is 5.92. The van der Waals surface area contributed by atoms with Crippen LogP contribution in [0.25, 0.3) is 0 Å². The molecule has 0 spiro atoms. The van der Waals surface area contributed by atoms with Crippen molar-refractivity contribution in [1.29, 1.82) is 0 Å². The van der Waals surface area contributed by atoms with Crippen LogP contribution in [-0.4, -0.2) is 50.8 Å². The molecule has 0 aliphatic rings.